The Bertz CT molecular complexity index is 1290. The van der Waals surface area contributed by atoms with E-state index < -0.39 is 0 Å². The average molecular weight is 439 g/mol. The van der Waals surface area contributed by atoms with Crippen molar-refractivity contribution in [3.63, 3.8) is 0 Å². The van der Waals surface area contributed by atoms with E-state index in [1.165, 1.54) is 11.1 Å². The number of nitrogens with zero attached hydrogens (tertiary/aromatic N) is 3. The summed E-state index contributed by atoms with van der Waals surface area (Å²) < 4.78 is 2.17. The first-order valence-corrected chi connectivity index (χ1v) is 11.7. The van der Waals surface area contributed by atoms with Crippen molar-refractivity contribution < 1.29 is 0 Å². The van der Waals surface area contributed by atoms with Crippen LogP contribution in [0.1, 0.15) is 30.9 Å². The molecule has 0 spiro atoms. The average Bonchev–Trinajstić information content (AvgIpc) is 3.49. The Kier molecular flexibility index (Phi) is 5.50. The van der Waals surface area contributed by atoms with Crippen molar-refractivity contribution in [3.05, 3.63) is 108 Å². The highest BCUT2D eigenvalue weighted by atomic mass is 32.1. The highest BCUT2D eigenvalue weighted by Crippen LogP contribution is 2.41. The smallest absolute Gasteiger partial charge is 0.182 e. The summed E-state index contributed by atoms with van der Waals surface area (Å²) >= 11 is 1.64. The van der Waals surface area contributed by atoms with Gasteiger partial charge in [0.2, 0.25) is 0 Å². The molecular formula is C27H26N4S. The van der Waals surface area contributed by atoms with Crippen LogP contribution in [0.25, 0.3) is 16.9 Å². The van der Waals surface area contributed by atoms with Crippen LogP contribution in [0.3, 0.4) is 0 Å². The predicted octanol–water partition coefficient (Wildman–Crippen LogP) is 6.73. The quantitative estimate of drug-likeness (QED) is 0.306. The van der Waals surface area contributed by atoms with Crippen LogP contribution >= 0.6 is 11.3 Å². The van der Waals surface area contributed by atoms with E-state index in [2.05, 4.69) is 89.3 Å². The van der Waals surface area contributed by atoms with Crippen LogP contribution in [-0.2, 0) is 0 Å². The lowest BCUT2D eigenvalue weighted by Gasteiger charge is -2.35. The minimum atomic E-state index is -0.0480. The molecule has 1 N–H and O–H groups in total. The van der Waals surface area contributed by atoms with Crippen LogP contribution in [-0.4, -0.2) is 20.9 Å². The minimum absolute atomic E-state index is 0.0480. The number of hydrogen-bond acceptors (Lipinski definition) is 4. The third kappa shape index (κ3) is 4.04. The van der Waals surface area contributed by atoms with Crippen LogP contribution in [0.2, 0.25) is 0 Å². The maximum Gasteiger partial charge on any atom is 0.182 e. The maximum absolute atomic E-state index is 4.71. The highest BCUT2D eigenvalue weighted by Gasteiger charge is 2.32. The molecule has 5 aromatic rings. The lowest BCUT2D eigenvalue weighted by Crippen LogP contribution is -2.31. The fraction of sp³-hybridized carbons (Fsp3) is 0.185. The second-order valence-electron chi connectivity index (χ2n) is 8.73. The van der Waals surface area contributed by atoms with Crippen molar-refractivity contribution >= 4 is 22.0 Å². The van der Waals surface area contributed by atoms with Crippen molar-refractivity contribution in [3.8, 4) is 11.4 Å². The number of rotatable bonds is 7. The van der Waals surface area contributed by atoms with E-state index in [-0.39, 0.29) is 11.3 Å². The molecule has 0 fully saturated rings. The number of thiazole rings is 1. The molecule has 160 valence electrons. The Hall–Kier alpha value is -3.44. The molecule has 32 heavy (non-hydrogen) atoms. The number of nitrogens with one attached hydrogen (secondary N) is 1. The topological polar surface area (TPSA) is 42.2 Å². The molecule has 2 aromatic carbocycles. The van der Waals surface area contributed by atoms with Crippen LogP contribution < -0.4 is 5.32 Å². The standard InChI is InChI=1S/C27H26N4S/c1-27(2,19-30-26-28-14-16-32-26)24(20-9-5-3-6-10-20)22-13-15-31-23(17-22)18-29-25(31)21-11-7-4-8-12-21/h3-18,24H,19H2,1-2H3,(H,28,30). The van der Waals surface area contributed by atoms with Gasteiger partial charge in [-0.05, 0) is 28.7 Å². The molecule has 0 amide bonds. The molecule has 0 bridgehead atoms. The van der Waals surface area contributed by atoms with E-state index in [1.54, 1.807) is 11.3 Å². The molecule has 0 radical (unpaired) electrons. The van der Waals surface area contributed by atoms with Crippen molar-refractivity contribution in [2.24, 2.45) is 5.41 Å². The molecule has 1 unspecified atom stereocenters. The van der Waals surface area contributed by atoms with Crippen LogP contribution in [0.4, 0.5) is 5.13 Å². The third-order valence-electron chi connectivity index (χ3n) is 5.96. The summed E-state index contributed by atoms with van der Waals surface area (Å²) in [5, 5.41) is 6.50. The van der Waals surface area contributed by atoms with E-state index >= 15 is 0 Å². The molecule has 1 atom stereocenters. The summed E-state index contributed by atoms with van der Waals surface area (Å²) in [6.45, 7) is 5.46. The molecule has 5 rings (SSSR count). The van der Waals surface area contributed by atoms with E-state index in [0.29, 0.717) is 0 Å². The van der Waals surface area contributed by atoms with Crippen LogP contribution in [0.5, 0.6) is 0 Å². The van der Waals surface area contributed by atoms with Gasteiger partial charge in [0.05, 0.1) is 11.7 Å². The summed E-state index contributed by atoms with van der Waals surface area (Å²) in [5.74, 6) is 1.18. The molecule has 3 aromatic heterocycles. The van der Waals surface area contributed by atoms with Gasteiger partial charge in [0.15, 0.2) is 5.13 Å². The second kappa shape index (κ2) is 8.60. The van der Waals surface area contributed by atoms with Gasteiger partial charge in [-0.15, -0.1) is 11.3 Å². The minimum Gasteiger partial charge on any atom is -0.361 e. The molecular weight excluding hydrogens is 412 g/mol. The number of pyridine rings is 1. The lowest BCUT2D eigenvalue weighted by atomic mass is 9.71. The second-order valence-corrected chi connectivity index (χ2v) is 9.62. The zero-order valence-corrected chi connectivity index (χ0v) is 19.1. The van der Waals surface area contributed by atoms with Gasteiger partial charge in [-0.1, -0.05) is 74.5 Å². The fourth-order valence-corrected chi connectivity index (χ4v) is 4.98. The Morgan fingerprint density at radius 1 is 0.938 bits per heavy atom. The molecule has 0 saturated carbocycles. The molecule has 0 aliphatic carbocycles. The third-order valence-corrected chi connectivity index (χ3v) is 6.69. The molecule has 3 heterocycles. The van der Waals surface area contributed by atoms with Crippen molar-refractivity contribution in [2.75, 3.05) is 11.9 Å². The molecule has 4 nitrogen and oxygen atoms in total. The number of hydrogen-bond donors (Lipinski definition) is 1. The fourth-order valence-electron chi connectivity index (χ4n) is 4.45. The summed E-state index contributed by atoms with van der Waals surface area (Å²) in [7, 11) is 0. The Balaban J connectivity index is 1.54. The number of imidazole rings is 1. The van der Waals surface area contributed by atoms with Crippen LogP contribution in [0.15, 0.2) is 96.8 Å². The maximum atomic E-state index is 4.71. The monoisotopic (exact) mass is 438 g/mol. The van der Waals surface area contributed by atoms with Gasteiger partial charge in [-0.3, -0.25) is 4.40 Å². The predicted molar refractivity (Wildman–Crippen MR) is 133 cm³/mol. The van der Waals surface area contributed by atoms with Gasteiger partial charge in [0.25, 0.3) is 0 Å². The first-order chi connectivity index (χ1) is 15.6. The molecule has 0 aliphatic rings. The van der Waals surface area contributed by atoms with Gasteiger partial charge in [-0.25, -0.2) is 9.97 Å². The molecule has 5 heteroatoms. The summed E-state index contributed by atoms with van der Waals surface area (Å²) in [5.41, 5.74) is 4.77. The Labute approximate surface area is 192 Å². The van der Waals surface area contributed by atoms with Gasteiger partial charge in [-0.2, -0.15) is 0 Å². The zero-order chi connectivity index (χ0) is 22.0. The van der Waals surface area contributed by atoms with Crippen molar-refractivity contribution in [2.45, 2.75) is 19.8 Å². The van der Waals surface area contributed by atoms with Crippen molar-refractivity contribution in [1.82, 2.24) is 14.4 Å². The number of aromatic nitrogens is 3. The van der Waals surface area contributed by atoms with Crippen molar-refractivity contribution in [1.29, 1.82) is 0 Å². The number of anilines is 1. The molecule has 0 aliphatic heterocycles. The first-order valence-electron chi connectivity index (χ1n) is 10.8. The Morgan fingerprint density at radius 3 is 2.41 bits per heavy atom. The van der Waals surface area contributed by atoms with Gasteiger partial charge < -0.3 is 5.32 Å². The number of benzene rings is 2. The van der Waals surface area contributed by atoms with Gasteiger partial charge in [0.1, 0.15) is 5.82 Å². The SMILES string of the molecule is CC(C)(CNc1nccs1)C(c1ccccc1)c1ccn2c(-c3ccccc3)ncc2c1. The molecule has 0 saturated heterocycles. The van der Waals surface area contributed by atoms with Gasteiger partial charge >= 0.3 is 0 Å². The lowest BCUT2D eigenvalue weighted by molar-refractivity contribution is 0.340. The van der Waals surface area contributed by atoms with E-state index in [0.717, 1.165) is 28.6 Å². The van der Waals surface area contributed by atoms with E-state index in [1.807, 2.05) is 36.0 Å². The zero-order valence-electron chi connectivity index (χ0n) is 18.3. The van der Waals surface area contributed by atoms with E-state index in [4.69, 9.17) is 4.98 Å². The summed E-state index contributed by atoms with van der Waals surface area (Å²) in [6.07, 6.45) is 5.96. The number of fused-ring (bicyclic) bond motifs is 1. The van der Waals surface area contributed by atoms with E-state index in [9.17, 15) is 0 Å². The Morgan fingerprint density at radius 2 is 1.69 bits per heavy atom. The van der Waals surface area contributed by atoms with Gasteiger partial charge in [0, 0.05) is 35.8 Å². The summed E-state index contributed by atoms with van der Waals surface area (Å²) in [6, 6.07) is 25.6. The summed E-state index contributed by atoms with van der Waals surface area (Å²) in [4.78, 5) is 9.11. The largest absolute Gasteiger partial charge is 0.361 e. The highest BCUT2D eigenvalue weighted by molar-refractivity contribution is 7.13. The normalized spacial score (nSPS) is 12.7. The van der Waals surface area contributed by atoms with Crippen LogP contribution in [0, 0.1) is 5.41 Å². The first kappa shape index (κ1) is 20.5.